The molecule has 4 rings (SSSR count). The maximum Gasteiger partial charge on any atom is 0.436 e. The third-order valence-corrected chi connectivity index (χ3v) is 11.5. The molecule has 2 atom stereocenters. The van der Waals surface area contributed by atoms with E-state index in [2.05, 4.69) is 127 Å². The van der Waals surface area contributed by atoms with Crippen LogP contribution in [0.4, 0.5) is 39.5 Å². The summed E-state index contributed by atoms with van der Waals surface area (Å²) in [5.41, 5.74) is -1.11. The minimum Gasteiger partial charge on any atom is -0.795 e. The summed E-state index contributed by atoms with van der Waals surface area (Å²) in [6.45, 7) is 26.5. The van der Waals surface area contributed by atoms with Crippen molar-refractivity contribution in [1.29, 1.82) is 0 Å². The summed E-state index contributed by atoms with van der Waals surface area (Å²) in [5, 5.41) is 32.3. The first-order chi connectivity index (χ1) is 24.4. The molecule has 0 spiro atoms. The van der Waals surface area contributed by atoms with Crippen LogP contribution in [0.2, 0.25) is 0 Å². The van der Waals surface area contributed by atoms with Gasteiger partial charge in [0.25, 0.3) is 0 Å². The monoisotopic (exact) mass is 836 g/mol. The van der Waals surface area contributed by atoms with Gasteiger partial charge < -0.3 is 5.11 Å². The summed E-state index contributed by atoms with van der Waals surface area (Å²) in [5.74, 6) is 0.798. The second-order valence-corrected chi connectivity index (χ2v) is 20.0. The van der Waals surface area contributed by atoms with Crippen molar-refractivity contribution in [3.8, 4) is 11.5 Å². The van der Waals surface area contributed by atoms with Crippen molar-refractivity contribution < 1.29 is 77.4 Å². The van der Waals surface area contributed by atoms with E-state index < -0.39 is 24.1 Å². The Kier molecular flexibility index (Phi) is 12.9. The van der Waals surface area contributed by atoms with E-state index in [9.17, 15) is 54.8 Å². The van der Waals surface area contributed by atoms with Gasteiger partial charge in [0.2, 0.25) is 6.11 Å². The molecule has 311 valence electrons. The maximum atomic E-state index is 12.0. The van der Waals surface area contributed by atoms with Crippen LogP contribution in [0.3, 0.4) is 0 Å². The number of phenols is 2. The standard InChI is InChI=1S/C36H54N2O2.C4F9O.Mn/c1-33(2,3)25-17-23(31(39)27(19-25)35(7,8)9)21-37-29-15-13-14-16-30(29)38-22-24-18-26(34(4,5)6)20-28(32(24)40)36(10,11)12;5-1(2(6,7)8,3(9,10)11)4(12,13)14;/h17-22,29-30,39-40H,13-16H2,1-12H3;;/q;-1;+2/t29-,30-;;/m1../s1. The van der Waals surface area contributed by atoms with Crippen molar-refractivity contribution in [1.82, 2.24) is 0 Å². The first-order valence-electron chi connectivity index (χ1n) is 18.0. The fourth-order valence-corrected chi connectivity index (χ4v) is 8.23. The molecule has 0 aromatic heterocycles. The molecular formula is C40H54F9MnN2O3+. The van der Waals surface area contributed by atoms with Crippen LogP contribution < -0.4 is 5.11 Å². The number of alkyl halides is 9. The SMILES string of the molecule is CC(C)(C)c1cc(C=[N+]2[Mn][N+](=Cc3cc(C(C)(C)C)cc(C(C)(C)C)c3O)[C@@H]3CCCC[C@H]32)c(O)c(C(C)(C)C)c1.[O-]C(F)(F)C(F)(C(F)(F)F)C(F)(F)F. The number of phenolic OH excluding ortho intramolecular Hbond substituents is 2. The number of rotatable bonds is 3. The fraction of sp³-hybridized carbons (Fsp3) is 0.650. The molecule has 2 fully saturated rings. The van der Waals surface area contributed by atoms with E-state index in [1.165, 1.54) is 24.0 Å². The van der Waals surface area contributed by atoms with Gasteiger partial charge in [0.15, 0.2) is 0 Å². The van der Waals surface area contributed by atoms with E-state index >= 15 is 0 Å². The van der Waals surface area contributed by atoms with Gasteiger partial charge in [-0.2, -0.15) is 26.3 Å². The summed E-state index contributed by atoms with van der Waals surface area (Å²) in [6.07, 6.45) is -11.7. The molecule has 2 aliphatic rings. The van der Waals surface area contributed by atoms with E-state index in [1.807, 2.05) is 0 Å². The van der Waals surface area contributed by atoms with Gasteiger partial charge in [-0.15, -0.1) is 0 Å². The predicted molar refractivity (Wildman–Crippen MR) is 189 cm³/mol. The maximum absolute atomic E-state index is 12.0. The molecule has 1 aliphatic carbocycles. The second kappa shape index (κ2) is 15.2. The fourth-order valence-electron chi connectivity index (χ4n) is 6.39. The van der Waals surface area contributed by atoms with Gasteiger partial charge in [-0.3, -0.25) is 0 Å². The molecule has 1 heterocycles. The van der Waals surface area contributed by atoms with Gasteiger partial charge in [-0.1, -0.05) is 0 Å². The molecule has 0 radical (unpaired) electrons. The number of nitrogens with zero attached hydrogens (tertiary/aromatic N) is 2. The third-order valence-electron chi connectivity index (χ3n) is 9.84. The van der Waals surface area contributed by atoms with Crippen LogP contribution in [-0.4, -0.2) is 66.0 Å². The third kappa shape index (κ3) is 10.0. The number of fused-ring (bicyclic) bond motifs is 1. The van der Waals surface area contributed by atoms with Crippen molar-refractivity contribution >= 4 is 12.4 Å². The van der Waals surface area contributed by atoms with Crippen LogP contribution in [0.25, 0.3) is 0 Å². The van der Waals surface area contributed by atoms with E-state index in [0.29, 0.717) is 39.0 Å². The Labute approximate surface area is 324 Å². The average Bonchev–Trinajstić information content (AvgIpc) is 3.31. The molecule has 5 nitrogen and oxygen atoms in total. The van der Waals surface area contributed by atoms with Crippen molar-refractivity contribution in [3.63, 3.8) is 0 Å². The number of benzene rings is 2. The smallest absolute Gasteiger partial charge is 0.436 e. The number of hydrogen-bond donors (Lipinski definition) is 2. The molecule has 1 saturated heterocycles. The van der Waals surface area contributed by atoms with Crippen LogP contribution in [-0.2, 0) is 37.1 Å². The van der Waals surface area contributed by atoms with Gasteiger partial charge >= 0.3 is 275 Å². The quantitative estimate of drug-likeness (QED) is 0.239. The van der Waals surface area contributed by atoms with Gasteiger partial charge in [-0.05, 0) is 0 Å². The van der Waals surface area contributed by atoms with E-state index in [-0.39, 0.29) is 21.7 Å². The van der Waals surface area contributed by atoms with E-state index in [0.717, 1.165) is 35.1 Å². The van der Waals surface area contributed by atoms with Crippen molar-refractivity contribution in [2.75, 3.05) is 0 Å². The summed E-state index contributed by atoms with van der Waals surface area (Å²) in [6, 6.07) is 9.56. The Hall–Kier alpha value is -2.77. The normalized spacial score (nSPS) is 20.8. The Morgan fingerprint density at radius 3 is 1.09 bits per heavy atom. The number of aromatic hydroxyl groups is 2. The first-order valence-corrected chi connectivity index (χ1v) is 19.1. The van der Waals surface area contributed by atoms with Crippen molar-refractivity contribution in [2.24, 2.45) is 0 Å². The van der Waals surface area contributed by atoms with Gasteiger partial charge in [-0.25, -0.2) is 13.2 Å². The molecule has 1 aliphatic heterocycles. The molecule has 0 unspecified atom stereocenters. The Balaban J connectivity index is 0.000000493. The van der Waals surface area contributed by atoms with Crippen molar-refractivity contribution in [3.05, 3.63) is 57.6 Å². The zero-order valence-corrected chi connectivity index (χ0v) is 34.6. The minimum absolute atomic E-state index is 0.0165. The molecule has 2 aromatic carbocycles. The van der Waals surface area contributed by atoms with Crippen LogP contribution >= 0.6 is 0 Å². The second-order valence-electron chi connectivity index (χ2n) is 18.5. The zero-order chi connectivity index (χ0) is 42.7. The predicted octanol–water partition coefficient (Wildman–Crippen LogP) is 9.86. The van der Waals surface area contributed by atoms with Gasteiger partial charge in [0.1, 0.15) is 0 Å². The summed E-state index contributed by atoms with van der Waals surface area (Å²) in [4.78, 5) is 0. The van der Waals surface area contributed by atoms with E-state index in [4.69, 9.17) is 0 Å². The van der Waals surface area contributed by atoms with Crippen molar-refractivity contribution in [2.45, 2.75) is 167 Å². The van der Waals surface area contributed by atoms with Crippen LogP contribution in [0.1, 0.15) is 142 Å². The Bertz CT molecular complexity index is 1640. The minimum atomic E-state index is -7.08. The Morgan fingerprint density at radius 2 is 0.873 bits per heavy atom. The van der Waals surface area contributed by atoms with Crippen LogP contribution in [0, 0.1) is 0 Å². The largest absolute Gasteiger partial charge is 0.795 e. The summed E-state index contributed by atoms with van der Waals surface area (Å²) >= 11 is 0.376. The molecular weight excluding hydrogens is 782 g/mol. The first kappa shape index (κ1) is 46.6. The molecule has 15 heteroatoms. The average molecular weight is 837 g/mol. The molecule has 0 bridgehead atoms. The molecule has 55 heavy (non-hydrogen) atoms. The molecule has 2 N–H and O–H groups in total. The molecule has 2 aromatic rings. The topological polar surface area (TPSA) is 69.5 Å². The van der Waals surface area contributed by atoms with Gasteiger partial charge in [0, 0.05) is 0 Å². The van der Waals surface area contributed by atoms with Crippen LogP contribution in [0.15, 0.2) is 24.3 Å². The molecule has 1 saturated carbocycles. The number of hydrogen-bond acceptors (Lipinski definition) is 3. The Morgan fingerprint density at radius 1 is 0.564 bits per heavy atom. The number of halogens is 9. The van der Waals surface area contributed by atoms with Crippen LogP contribution in [0.5, 0.6) is 11.5 Å². The van der Waals surface area contributed by atoms with E-state index in [1.54, 1.807) is 0 Å². The molecule has 0 amide bonds. The summed E-state index contributed by atoms with van der Waals surface area (Å²) in [7, 11) is 0. The van der Waals surface area contributed by atoms with Gasteiger partial charge in [0.05, 0.1) is 0 Å². The zero-order valence-electron chi connectivity index (χ0n) is 33.4. The summed E-state index contributed by atoms with van der Waals surface area (Å²) < 4.78 is 108.